The van der Waals surface area contributed by atoms with Crippen LogP contribution in [0.15, 0.2) is 0 Å². The molecule has 0 radical (unpaired) electrons. The first kappa shape index (κ1) is 12.1. The van der Waals surface area contributed by atoms with Crippen LogP contribution in [0.3, 0.4) is 0 Å². The summed E-state index contributed by atoms with van der Waals surface area (Å²) in [6, 6.07) is 0. The number of hydrogen-bond acceptors (Lipinski definition) is 2. The lowest BCUT2D eigenvalue weighted by Gasteiger charge is -2.05. The molecule has 0 N–H and O–H groups in total. The molecule has 0 heterocycles. The first-order chi connectivity index (χ1) is 6.91. The predicted molar refractivity (Wildman–Crippen MR) is 47.8 cm³/mol. The molecule has 0 amide bonds. The van der Waals surface area contributed by atoms with Gasteiger partial charge in [-0.2, -0.15) is 4.39 Å². The molecule has 0 aliphatic rings. The van der Waals surface area contributed by atoms with Crippen LogP contribution >= 0.6 is 23.2 Å². The molecule has 3 nitrogen and oxygen atoms in total. The first-order valence-corrected chi connectivity index (χ1v) is 4.22. The summed E-state index contributed by atoms with van der Waals surface area (Å²) >= 11 is 10.4. The average molecular weight is 260 g/mol. The standard InChI is InChI=1S/C7H2Cl2F3NO2/c8-3-2(1-10)5(11)4(9)6(12)7(3)13(14)15/h1H2. The lowest BCUT2D eigenvalue weighted by molar-refractivity contribution is -0.387. The van der Waals surface area contributed by atoms with Crippen molar-refractivity contribution in [1.82, 2.24) is 0 Å². The molecule has 0 bridgehead atoms. The Hall–Kier alpha value is -1.01. The SMILES string of the molecule is O=[N+]([O-])c1c(F)c(Cl)c(F)c(CF)c1Cl. The molecule has 0 aromatic heterocycles. The molecule has 1 aromatic rings. The zero-order valence-corrected chi connectivity index (χ0v) is 8.37. The van der Waals surface area contributed by atoms with Crippen molar-refractivity contribution in [3.63, 3.8) is 0 Å². The van der Waals surface area contributed by atoms with Gasteiger partial charge in [-0.3, -0.25) is 10.1 Å². The van der Waals surface area contributed by atoms with Crippen LogP contribution in [0.2, 0.25) is 10.0 Å². The van der Waals surface area contributed by atoms with Gasteiger partial charge in [0.2, 0.25) is 5.82 Å². The fraction of sp³-hybridized carbons (Fsp3) is 0.143. The van der Waals surface area contributed by atoms with Crippen molar-refractivity contribution in [1.29, 1.82) is 0 Å². The van der Waals surface area contributed by atoms with Gasteiger partial charge in [-0.1, -0.05) is 23.2 Å². The second-order valence-electron chi connectivity index (χ2n) is 2.47. The van der Waals surface area contributed by atoms with E-state index in [9.17, 15) is 23.3 Å². The monoisotopic (exact) mass is 259 g/mol. The number of benzene rings is 1. The van der Waals surface area contributed by atoms with Gasteiger partial charge in [0.1, 0.15) is 16.7 Å². The van der Waals surface area contributed by atoms with E-state index in [2.05, 4.69) is 0 Å². The molecule has 0 spiro atoms. The number of alkyl halides is 1. The Morgan fingerprint density at radius 1 is 1.20 bits per heavy atom. The van der Waals surface area contributed by atoms with Crippen LogP contribution in [-0.2, 0) is 6.67 Å². The third-order valence-electron chi connectivity index (χ3n) is 1.65. The zero-order chi connectivity index (χ0) is 11.7. The second kappa shape index (κ2) is 4.24. The molecular formula is C7H2Cl2F3NO2. The Labute approximate surface area is 91.6 Å². The highest BCUT2D eigenvalue weighted by Gasteiger charge is 2.30. The molecule has 15 heavy (non-hydrogen) atoms. The summed E-state index contributed by atoms with van der Waals surface area (Å²) in [6.07, 6.45) is 0. The largest absolute Gasteiger partial charge is 0.325 e. The van der Waals surface area contributed by atoms with E-state index < -0.39 is 44.5 Å². The normalized spacial score (nSPS) is 10.5. The molecule has 8 heteroatoms. The van der Waals surface area contributed by atoms with Gasteiger partial charge < -0.3 is 0 Å². The maximum Gasteiger partial charge on any atom is 0.325 e. The number of halogens is 5. The average Bonchev–Trinajstić information content (AvgIpc) is 2.15. The van der Waals surface area contributed by atoms with E-state index >= 15 is 0 Å². The van der Waals surface area contributed by atoms with Crippen molar-refractivity contribution < 1.29 is 18.1 Å². The number of nitro benzene ring substituents is 1. The minimum Gasteiger partial charge on any atom is -0.258 e. The van der Waals surface area contributed by atoms with E-state index in [1.165, 1.54) is 0 Å². The molecule has 0 fully saturated rings. The van der Waals surface area contributed by atoms with Gasteiger partial charge in [0.05, 0.1) is 4.92 Å². The van der Waals surface area contributed by atoms with Crippen LogP contribution in [0.4, 0.5) is 18.9 Å². The minimum atomic E-state index is -1.61. The summed E-state index contributed by atoms with van der Waals surface area (Å²) in [5.74, 6) is -3.03. The Morgan fingerprint density at radius 2 is 1.73 bits per heavy atom. The lowest BCUT2D eigenvalue weighted by atomic mass is 10.2. The van der Waals surface area contributed by atoms with Gasteiger partial charge in [-0.15, -0.1) is 0 Å². The van der Waals surface area contributed by atoms with Gasteiger partial charge in [-0.25, -0.2) is 8.78 Å². The number of nitro groups is 1. The van der Waals surface area contributed by atoms with Crippen LogP contribution < -0.4 is 0 Å². The van der Waals surface area contributed by atoms with Crippen molar-refractivity contribution in [2.45, 2.75) is 6.67 Å². The number of hydrogen-bond donors (Lipinski definition) is 0. The third kappa shape index (κ3) is 1.87. The summed E-state index contributed by atoms with van der Waals surface area (Å²) in [7, 11) is 0. The number of rotatable bonds is 2. The highest BCUT2D eigenvalue weighted by molar-refractivity contribution is 6.35. The Bertz CT molecular complexity index is 439. The van der Waals surface area contributed by atoms with Crippen LogP contribution in [-0.4, -0.2) is 4.92 Å². The molecule has 1 aromatic carbocycles. The molecular weight excluding hydrogens is 258 g/mol. The van der Waals surface area contributed by atoms with Gasteiger partial charge in [0.15, 0.2) is 5.82 Å². The van der Waals surface area contributed by atoms with E-state index in [1.807, 2.05) is 0 Å². The topological polar surface area (TPSA) is 43.1 Å². The van der Waals surface area contributed by atoms with E-state index in [1.54, 1.807) is 0 Å². The van der Waals surface area contributed by atoms with Gasteiger partial charge >= 0.3 is 5.69 Å². The fourth-order valence-corrected chi connectivity index (χ4v) is 1.44. The minimum absolute atomic E-state index is 0.824. The highest BCUT2D eigenvalue weighted by atomic mass is 35.5. The fourth-order valence-electron chi connectivity index (χ4n) is 0.946. The maximum absolute atomic E-state index is 13.1. The Kier molecular flexibility index (Phi) is 3.41. The van der Waals surface area contributed by atoms with Crippen LogP contribution in [0, 0.1) is 21.7 Å². The molecule has 0 aliphatic heterocycles. The van der Waals surface area contributed by atoms with Crippen LogP contribution in [0.5, 0.6) is 0 Å². The summed E-state index contributed by atoms with van der Waals surface area (Å²) < 4.78 is 38.4. The second-order valence-corrected chi connectivity index (χ2v) is 3.23. The van der Waals surface area contributed by atoms with Gasteiger partial charge in [0, 0.05) is 5.56 Å². The highest BCUT2D eigenvalue weighted by Crippen LogP contribution is 2.38. The van der Waals surface area contributed by atoms with E-state index in [0.29, 0.717) is 0 Å². The van der Waals surface area contributed by atoms with Crippen molar-refractivity contribution in [2.75, 3.05) is 0 Å². The van der Waals surface area contributed by atoms with E-state index in [-0.39, 0.29) is 0 Å². The van der Waals surface area contributed by atoms with Crippen LogP contribution in [0.1, 0.15) is 5.56 Å². The predicted octanol–water partition coefficient (Wildman–Crippen LogP) is 3.65. The molecule has 0 unspecified atom stereocenters. The van der Waals surface area contributed by atoms with E-state index in [4.69, 9.17) is 23.2 Å². The first-order valence-electron chi connectivity index (χ1n) is 3.47. The molecule has 82 valence electrons. The molecule has 0 atom stereocenters. The summed E-state index contributed by atoms with van der Waals surface area (Å²) in [4.78, 5) is 9.16. The third-order valence-corrected chi connectivity index (χ3v) is 2.39. The van der Waals surface area contributed by atoms with Crippen molar-refractivity contribution in [3.05, 3.63) is 37.4 Å². The van der Waals surface area contributed by atoms with Crippen LogP contribution in [0.25, 0.3) is 0 Å². The van der Waals surface area contributed by atoms with Gasteiger partial charge in [-0.05, 0) is 0 Å². The molecule has 0 aliphatic carbocycles. The van der Waals surface area contributed by atoms with Crippen molar-refractivity contribution in [2.24, 2.45) is 0 Å². The van der Waals surface area contributed by atoms with Crippen molar-refractivity contribution in [3.8, 4) is 0 Å². The molecule has 0 saturated carbocycles. The maximum atomic E-state index is 13.1. The quantitative estimate of drug-likeness (QED) is 0.352. The van der Waals surface area contributed by atoms with Crippen molar-refractivity contribution >= 4 is 28.9 Å². The molecule has 0 saturated heterocycles. The smallest absolute Gasteiger partial charge is 0.258 e. The summed E-state index contributed by atoms with van der Waals surface area (Å²) in [5.41, 5.74) is -2.05. The zero-order valence-electron chi connectivity index (χ0n) is 6.86. The van der Waals surface area contributed by atoms with E-state index in [0.717, 1.165) is 0 Å². The summed E-state index contributed by atoms with van der Waals surface area (Å²) in [6.45, 7) is -1.41. The Morgan fingerprint density at radius 3 is 2.13 bits per heavy atom. The summed E-state index contributed by atoms with van der Waals surface area (Å²) in [5, 5.41) is 8.30. The van der Waals surface area contributed by atoms with Gasteiger partial charge in [0.25, 0.3) is 0 Å². The Balaban J connectivity index is 3.68. The lowest BCUT2D eigenvalue weighted by Crippen LogP contribution is -2.01. The molecule has 1 rings (SSSR count). The number of nitrogens with zero attached hydrogens (tertiary/aromatic N) is 1.